The first-order valence-corrected chi connectivity index (χ1v) is 11.8. The van der Waals surface area contributed by atoms with Crippen molar-refractivity contribution in [1.82, 2.24) is 0 Å². The second-order valence-electron chi connectivity index (χ2n) is 8.49. The number of esters is 1. The molecular formula is C27H34N2O3. The van der Waals surface area contributed by atoms with Crippen molar-refractivity contribution in [3.05, 3.63) is 59.7 Å². The Morgan fingerprint density at radius 3 is 2.31 bits per heavy atom. The Kier molecular flexibility index (Phi) is 9.02. The number of amides is 1. The van der Waals surface area contributed by atoms with E-state index < -0.39 is 0 Å². The van der Waals surface area contributed by atoms with E-state index in [1.807, 2.05) is 24.3 Å². The number of hydrogen-bond donors (Lipinski definition) is 1. The molecule has 0 unspecified atom stereocenters. The van der Waals surface area contributed by atoms with Crippen molar-refractivity contribution >= 4 is 29.0 Å². The smallest absolute Gasteiger partial charge is 0.311 e. The maximum atomic E-state index is 12.4. The number of unbranched alkanes of at least 4 members (excludes halogenated alkanes) is 1. The van der Waals surface area contributed by atoms with Crippen molar-refractivity contribution in [3.63, 3.8) is 0 Å². The van der Waals surface area contributed by atoms with E-state index >= 15 is 0 Å². The molecule has 0 spiro atoms. The zero-order valence-corrected chi connectivity index (χ0v) is 19.2. The molecule has 5 nitrogen and oxygen atoms in total. The Balaban J connectivity index is 1.80. The minimum atomic E-state index is -0.261. The molecule has 2 aromatic carbocycles. The van der Waals surface area contributed by atoms with Gasteiger partial charge in [-0.1, -0.05) is 56.9 Å². The Morgan fingerprint density at radius 1 is 1.00 bits per heavy atom. The molecule has 170 valence electrons. The number of rotatable bonds is 9. The first-order valence-electron chi connectivity index (χ1n) is 11.8. The van der Waals surface area contributed by atoms with Crippen LogP contribution >= 0.6 is 0 Å². The van der Waals surface area contributed by atoms with Crippen LogP contribution in [-0.2, 0) is 14.3 Å². The van der Waals surface area contributed by atoms with Crippen LogP contribution < -0.4 is 5.32 Å². The van der Waals surface area contributed by atoms with E-state index in [1.165, 1.54) is 44.6 Å². The molecule has 0 saturated heterocycles. The molecule has 32 heavy (non-hydrogen) atoms. The summed E-state index contributed by atoms with van der Waals surface area (Å²) in [5, 5.41) is 2.75. The molecule has 0 atom stereocenters. The SMILES string of the molecule is CCCCOC(=O)CC(=Nc1ccc(NC(C)=O)cc1)c1ccc(C2CCCCC2)cc1. The fourth-order valence-corrected chi connectivity index (χ4v) is 4.09. The number of hydrogen-bond acceptors (Lipinski definition) is 4. The molecule has 0 bridgehead atoms. The molecule has 1 aliphatic carbocycles. The van der Waals surface area contributed by atoms with Gasteiger partial charge in [-0.15, -0.1) is 0 Å². The quantitative estimate of drug-likeness (QED) is 0.276. The second kappa shape index (κ2) is 12.2. The third-order valence-corrected chi connectivity index (χ3v) is 5.84. The van der Waals surface area contributed by atoms with Gasteiger partial charge in [0.1, 0.15) is 0 Å². The van der Waals surface area contributed by atoms with Crippen molar-refractivity contribution in [2.24, 2.45) is 4.99 Å². The van der Waals surface area contributed by atoms with Gasteiger partial charge in [0.2, 0.25) is 5.91 Å². The first-order chi connectivity index (χ1) is 15.5. The number of ether oxygens (including phenoxy) is 1. The lowest BCUT2D eigenvalue weighted by molar-refractivity contribution is -0.142. The average Bonchev–Trinajstić information content (AvgIpc) is 2.80. The lowest BCUT2D eigenvalue weighted by Crippen LogP contribution is -2.13. The van der Waals surface area contributed by atoms with Gasteiger partial charge in [0.05, 0.1) is 24.4 Å². The predicted molar refractivity (Wildman–Crippen MR) is 130 cm³/mol. The zero-order valence-electron chi connectivity index (χ0n) is 19.2. The molecular weight excluding hydrogens is 400 g/mol. The predicted octanol–water partition coefficient (Wildman–Crippen LogP) is 6.55. The highest BCUT2D eigenvalue weighted by atomic mass is 16.5. The molecule has 2 aromatic rings. The summed E-state index contributed by atoms with van der Waals surface area (Å²) >= 11 is 0. The highest BCUT2D eigenvalue weighted by Crippen LogP contribution is 2.32. The van der Waals surface area contributed by atoms with E-state index in [1.54, 1.807) is 0 Å². The maximum Gasteiger partial charge on any atom is 0.311 e. The van der Waals surface area contributed by atoms with E-state index in [0.29, 0.717) is 23.9 Å². The summed E-state index contributed by atoms with van der Waals surface area (Å²) in [7, 11) is 0. The molecule has 3 rings (SSSR count). The lowest BCUT2D eigenvalue weighted by Gasteiger charge is -2.22. The van der Waals surface area contributed by atoms with Gasteiger partial charge in [-0.05, 0) is 60.6 Å². The van der Waals surface area contributed by atoms with Crippen LogP contribution in [0.3, 0.4) is 0 Å². The Labute approximate surface area is 191 Å². The maximum absolute atomic E-state index is 12.4. The van der Waals surface area contributed by atoms with Gasteiger partial charge in [-0.2, -0.15) is 0 Å². The number of nitrogens with zero attached hydrogens (tertiary/aromatic N) is 1. The molecule has 5 heteroatoms. The number of anilines is 1. The van der Waals surface area contributed by atoms with Gasteiger partial charge in [-0.25, -0.2) is 0 Å². The van der Waals surface area contributed by atoms with E-state index in [2.05, 4.69) is 36.5 Å². The summed E-state index contributed by atoms with van der Waals surface area (Å²) < 4.78 is 5.39. The number of aliphatic imine (C=N–C) groups is 1. The summed E-state index contributed by atoms with van der Waals surface area (Å²) in [6.07, 6.45) is 8.42. The molecule has 1 N–H and O–H groups in total. The Hall–Kier alpha value is -2.95. The minimum Gasteiger partial charge on any atom is -0.465 e. The van der Waals surface area contributed by atoms with Crippen molar-refractivity contribution in [2.45, 2.75) is 71.1 Å². The number of benzene rings is 2. The largest absolute Gasteiger partial charge is 0.465 e. The molecule has 0 aliphatic heterocycles. The van der Waals surface area contributed by atoms with Crippen LogP contribution in [0.25, 0.3) is 0 Å². The standard InChI is InChI=1S/C27H34N2O3/c1-3-4-18-32-27(31)19-26(29-25-16-14-24(15-17-25)28-20(2)30)23-12-10-22(11-13-23)21-8-6-5-7-9-21/h10-17,21H,3-9,18-19H2,1-2H3,(H,28,30). The molecule has 0 aromatic heterocycles. The fraction of sp³-hybridized carbons (Fsp3) is 0.444. The average molecular weight is 435 g/mol. The van der Waals surface area contributed by atoms with Crippen molar-refractivity contribution in [3.8, 4) is 0 Å². The topological polar surface area (TPSA) is 67.8 Å². The van der Waals surface area contributed by atoms with Crippen LogP contribution in [0.15, 0.2) is 53.5 Å². The van der Waals surface area contributed by atoms with Gasteiger partial charge in [0, 0.05) is 12.6 Å². The van der Waals surface area contributed by atoms with Gasteiger partial charge in [0.15, 0.2) is 0 Å². The van der Waals surface area contributed by atoms with E-state index in [-0.39, 0.29) is 18.3 Å². The fourth-order valence-electron chi connectivity index (χ4n) is 4.09. The Bertz CT molecular complexity index is 911. The van der Waals surface area contributed by atoms with Crippen LogP contribution in [-0.4, -0.2) is 24.2 Å². The van der Waals surface area contributed by atoms with Crippen molar-refractivity contribution in [1.29, 1.82) is 0 Å². The third-order valence-electron chi connectivity index (χ3n) is 5.84. The minimum absolute atomic E-state index is 0.116. The third kappa shape index (κ3) is 7.33. The molecule has 0 radical (unpaired) electrons. The second-order valence-corrected chi connectivity index (χ2v) is 8.49. The van der Waals surface area contributed by atoms with Crippen LogP contribution in [0, 0.1) is 0 Å². The molecule has 1 saturated carbocycles. The van der Waals surface area contributed by atoms with Gasteiger partial charge in [0.25, 0.3) is 0 Å². The number of nitrogens with one attached hydrogen (secondary N) is 1. The number of carbonyl (C=O) groups is 2. The highest BCUT2D eigenvalue weighted by molar-refractivity contribution is 6.10. The summed E-state index contributed by atoms with van der Waals surface area (Å²) in [6.45, 7) is 3.99. The lowest BCUT2D eigenvalue weighted by atomic mass is 9.84. The molecule has 1 fully saturated rings. The highest BCUT2D eigenvalue weighted by Gasteiger charge is 2.17. The van der Waals surface area contributed by atoms with Gasteiger partial charge < -0.3 is 10.1 Å². The summed E-state index contributed by atoms with van der Waals surface area (Å²) in [4.78, 5) is 28.4. The van der Waals surface area contributed by atoms with Crippen LogP contribution in [0.5, 0.6) is 0 Å². The summed E-state index contributed by atoms with van der Waals surface area (Å²) in [5.41, 5.74) is 4.44. The summed E-state index contributed by atoms with van der Waals surface area (Å²) in [6, 6.07) is 15.8. The molecule has 0 heterocycles. The monoisotopic (exact) mass is 434 g/mol. The zero-order chi connectivity index (χ0) is 22.8. The van der Waals surface area contributed by atoms with Crippen LogP contribution in [0.4, 0.5) is 11.4 Å². The van der Waals surface area contributed by atoms with Crippen LogP contribution in [0.2, 0.25) is 0 Å². The van der Waals surface area contributed by atoms with E-state index in [0.717, 1.165) is 24.1 Å². The van der Waals surface area contributed by atoms with Crippen LogP contribution in [0.1, 0.15) is 82.3 Å². The van der Waals surface area contributed by atoms with Crippen molar-refractivity contribution in [2.75, 3.05) is 11.9 Å². The van der Waals surface area contributed by atoms with Crippen molar-refractivity contribution < 1.29 is 14.3 Å². The van der Waals surface area contributed by atoms with E-state index in [9.17, 15) is 9.59 Å². The van der Waals surface area contributed by atoms with E-state index in [4.69, 9.17) is 9.73 Å². The molecule has 1 amide bonds. The molecule has 1 aliphatic rings. The Morgan fingerprint density at radius 2 is 1.69 bits per heavy atom. The van der Waals surface area contributed by atoms with Gasteiger partial charge >= 0.3 is 5.97 Å². The normalized spacial score (nSPS) is 14.8. The summed E-state index contributed by atoms with van der Waals surface area (Å²) in [5.74, 6) is 0.261. The first kappa shape index (κ1) is 23.7. The number of carbonyl (C=O) groups excluding carboxylic acids is 2. The van der Waals surface area contributed by atoms with Gasteiger partial charge in [-0.3, -0.25) is 14.6 Å².